The summed E-state index contributed by atoms with van der Waals surface area (Å²) in [6, 6.07) is 9.62. The second kappa shape index (κ2) is 5.77. The van der Waals surface area contributed by atoms with Crippen LogP contribution in [0.15, 0.2) is 58.9 Å². The third-order valence-electron chi connectivity index (χ3n) is 3.76. The number of dihydropyridines is 1. The summed E-state index contributed by atoms with van der Waals surface area (Å²) in [4.78, 5) is 17.3. The highest BCUT2D eigenvalue weighted by molar-refractivity contribution is 7.10. The summed E-state index contributed by atoms with van der Waals surface area (Å²) < 4.78 is 0. The second-order valence-corrected chi connectivity index (χ2v) is 6.15. The van der Waals surface area contributed by atoms with Crippen LogP contribution >= 0.6 is 11.3 Å². The lowest BCUT2D eigenvalue weighted by Gasteiger charge is -2.29. The predicted octanol–water partition coefficient (Wildman–Crippen LogP) is 3.62. The van der Waals surface area contributed by atoms with Crippen LogP contribution in [0.5, 0.6) is 0 Å². The number of carboxylic acid groups (broad SMARTS) is 1. The van der Waals surface area contributed by atoms with Crippen LogP contribution in [0, 0.1) is 0 Å². The average Bonchev–Trinajstić information content (AvgIpc) is 3.00. The van der Waals surface area contributed by atoms with Crippen molar-refractivity contribution in [2.75, 3.05) is 0 Å². The first-order valence-corrected chi connectivity index (χ1v) is 7.84. The standard InChI is InChI=1S/C17H16N2O2S/c1-10-14(12-6-3-4-8-18-12)16(13-7-5-9-22-13)15(17(20)21)11(2)19-10/h3-9,16,19H,1-2H3,(H,20,21). The molecule has 0 saturated heterocycles. The van der Waals surface area contributed by atoms with Gasteiger partial charge in [-0.05, 0) is 37.4 Å². The minimum Gasteiger partial charge on any atom is -0.478 e. The topological polar surface area (TPSA) is 62.2 Å². The Kier molecular flexibility index (Phi) is 3.81. The maximum absolute atomic E-state index is 11.8. The lowest BCUT2D eigenvalue weighted by Crippen LogP contribution is -2.27. The summed E-state index contributed by atoms with van der Waals surface area (Å²) in [6.45, 7) is 3.77. The number of hydrogen-bond acceptors (Lipinski definition) is 4. The summed E-state index contributed by atoms with van der Waals surface area (Å²) in [5.74, 6) is -1.20. The molecule has 0 aliphatic carbocycles. The van der Waals surface area contributed by atoms with Crippen molar-refractivity contribution in [3.05, 3.63) is 69.4 Å². The number of nitrogens with zero attached hydrogens (tertiary/aromatic N) is 1. The maximum atomic E-state index is 11.8. The zero-order valence-electron chi connectivity index (χ0n) is 12.3. The Balaban J connectivity index is 2.22. The molecule has 2 aromatic rings. The molecular formula is C17H16N2O2S. The van der Waals surface area contributed by atoms with Gasteiger partial charge in [0.25, 0.3) is 0 Å². The highest BCUT2D eigenvalue weighted by Crippen LogP contribution is 2.44. The molecule has 3 heterocycles. The summed E-state index contributed by atoms with van der Waals surface area (Å²) in [5, 5.41) is 14.9. The van der Waals surface area contributed by atoms with E-state index >= 15 is 0 Å². The van der Waals surface area contributed by atoms with E-state index in [0.29, 0.717) is 11.3 Å². The molecule has 0 fully saturated rings. The van der Waals surface area contributed by atoms with Crippen LogP contribution in [-0.4, -0.2) is 16.1 Å². The molecule has 3 rings (SSSR count). The van der Waals surface area contributed by atoms with Crippen LogP contribution in [0.25, 0.3) is 5.57 Å². The van der Waals surface area contributed by atoms with Gasteiger partial charge in [-0.3, -0.25) is 4.98 Å². The molecule has 1 unspecified atom stereocenters. The summed E-state index contributed by atoms with van der Waals surface area (Å²) in [7, 11) is 0. The van der Waals surface area contributed by atoms with E-state index in [-0.39, 0.29) is 5.92 Å². The summed E-state index contributed by atoms with van der Waals surface area (Å²) in [5.41, 5.74) is 3.74. The molecule has 1 aliphatic heterocycles. The Morgan fingerprint density at radius 2 is 2.05 bits per heavy atom. The Hall–Kier alpha value is -2.40. The Labute approximate surface area is 132 Å². The number of allylic oxidation sites excluding steroid dienone is 3. The van der Waals surface area contributed by atoms with E-state index in [2.05, 4.69) is 10.3 Å². The molecule has 2 N–H and O–H groups in total. The zero-order chi connectivity index (χ0) is 15.7. The molecule has 0 amide bonds. The van der Waals surface area contributed by atoms with Gasteiger partial charge in [-0.25, -0.2) is 4.79 Å². The van der Waals surface area contributed by atoms with Gasteiger partial charge < -0.3 is 10.4 Å². The van der Waals surface area contributed by atoms with Gasteiger partial charge >= 0.3 is 5.97 Å². The number of thiophene rings is 1. The summed E-state index contributed by atoms with van der Waals surface area (Å²) >= 11 is 1.57. The Bertz CT molecular complexity index is 761. The van der Waals surface area contributed by atoms with E-state index < -0.39 is 5.97 Å². The van der Waals surface area contributed by atoms with Crippen molar-refractivity contribution in [3.8, 4) is 0 Å². The van der Waals surface area contributed by atoms with Gasteiger partial charge in [0.15, 0.2) is 0 Å². The van der Waals surface area contributed by atoms with Gasteiger partial charge in [-0.1, -0.05) is 12.1 Å². The van der Waals surface area contributed by atoms with Crippen molar-refractivity contribution in [2.45, 2.75) is 19.8 Å². The first-order chi connectivity index (χ1) is 10.6. The van der Waals surface area contributed by atoms with Gasteiger partial charge in [-0.2, -0.15) is 0 Å². The number of carbonyl (C=O) groups is 1. The van der Waals surface area contributed by atoms with E-state index in [1.54, 1.807) is 17.5 Å². The number of rotatable bonds is 3. The lowest BCUT2D eigenvalue weighted by molar-refractivity contribution is -0.132. The van der Waals surface area contributed by atoms with E-state index in [1.165, 1.54) is 0 Å². The number of carboxylic acids is 1. The second-order valence-electron chi connectivity index (χ2n) is 5.17. The third kappa shape index (κ3) is 2.44. The van der Waals surface area contributed by atoms with Crippen molar-refractivity contribution in [2.24, 2.45) is 0 Å². The van der Waals surface area contributed by atoms with E-state index in [9.17, 15) is 9.90 Å². The molecule has 4 nitrogen and oxygen atoms in total. The lowest BCUT2D eigenvalue weighted by atomic mass is 9.82. The fourth-order valence-corrected chi connectivity index (χ4v) is 3.72. The van der Waals surface area contributed by atoms with Crippen molar-refractivity contribution in [3.63, 3.8) is 0 Å². The minimum absolute atomic E-state index is 0.298. The van der Waals surface area contributed by atoms with Crippen LogP contribution in [0.2, 0.25) is 0 Å². The molecule has 0 saturated carbocycles. The molecule has 0 radical (unpaired) electrons. The molecule has 112 valence electrons. The zero-order valence-corrected chi connectivity index (χ0v) is 13.1. The number of pyridine rings is 1. The average molecular weight is 312 g/mol. The molecule has 2 aromatic heterocycles. The predicted molar refractivity (Wildman–Crippen MR) is 87.4 cm³/mol. The Morgan fingerprint density at radius 1 is 1.23 bits per heavy atom. The van der Waals surface area contributed by atoms with Gasteiger partial charge in [0.2, 0.25) is 0 Å². The van der Waals surface area contributed by atoms with Gasteiger partial charge in [-0.15, -0.1) is 11.3 Å². The largest absolute Gasteiger partial charge is 0.478 e. The number of hydrogen-bond donors (Lipinski definition) is 2. The van der Waals surface area contributed by atoms with E-state index in [1.807, 2.05) is 49.6 Å². The van der Waals surface area contributed by atoms with Crippen molar-refractivity contribution < 1.29 is 9.90 Å². The summed E-state index contributed by atoms with van der Waals surface area (Å²) in [6.07, 6.45) is 1.73. The smallest absolute Gasteiger partial charge is 0.334 e. The van der Waals surface area contributed by atoms with Crippen LogP contribution in [0.4, 0.5) is 0 Å². The highest BCUT2D eigenvalue weighted by Gasteiger charge is 2.34. The number of nitrogens with one attached hydrogen (secondary N) is 1. The molecule has 1 atom stereocenters. The first kappa shape index (κ1) is 14.5. The van der Waals surface area contributed by atoms with Gasteiger partial charge in [0, 0.05) is 28.0 Å². The molecule has 1 aliphatic rings. The maximum Gasteiger partial charge on any atom is 0.334 e. The molecule has 0 bridgehead atoms. The monoisotopic (exact) mass is 312 g/mol. The quantitative estimate of drug-likeness (QED) is 0.908. The molecule has 5 heteroatoms. The molecule has 0 aromatic carbocycles. The molecule has 22 heavy (non-hydrogen) atoms. The van der Waals surface area contributed by atoms with Crippen molar-refractivity contribution in [1.29, 1.82) is 0 Å². The third-order valence-corrected chi connectivity index (χ3v) is 4.70. The highest BCUT2D eigenvalue weighted by atomic mass is 32.1. The number of aliphatic carboxylic acids is 1. The SMILES string of the molecule is CC1=C(C(=O)O)C(c2cccs2)C(c2ccccn2)=C(C)N1. The Morgan fingerprint density at radius 3 is 2.64 bits per heavy atom. The molecular weight excluding hydrogens is 296 g/mol. The van der Waals surface area contributed by atoms with Crippen LogP contribution in [0.1, 0.15) is 30.3 Å². The van der Waals surface area contributed by atoms with Crippen LogP contribution in [0.3, 0.4) is 0 Å². The number of aromatic nitrogens is 1. The molecule has 0 spiro atoms. The van der Waals surface area contributed by atoms with Crippen LogP contribution in [-0.2, 0) is 4.79 Å². The first-order valence-electron chi connectivity index (χ1n) is 6.96. The van der Waals surface area contributed by atoms with Crippen molar-refractivity contribution >= 4 is 22.9 Å². The van der Waals surface area contributed by atoms with Gasteiger partial charge in [0.1, 0.15) is 0 Å². The fourth-order valence-electron chi connectivity index (χ4n) is 2.88. The van der Waals surface area contributed by atoms with Gasteiger partial charge in [0.05, 0.1) is 17.2 Å². The van der Waals surface area contributed by atoms with E-state index in [0.717, 1.165) is 21.8 Å². The van der Waals surface area contributed by atoms with Crippen LogP contribution < -0.4 is 5.32 Å². The normalized spacial score (nSPS) is 18.4. The minimum atomic E-state index is -0.899. The van der Waals surface area contributed by atoms with Crippen molar-refractivity contribution in [1.82, 2.24) is 10.3 Å². The van der Waals surface area contributed by atoms with E-state index in [4.69, 9.17) is 0 Å². The fraction of sp³-hybridized carbons (Fsp3) is 0.176.